The Morgan fingerprint density at radius 1 is 1.10 bits per heavy atom. The van der Waals surface area contributed by atoms with Gasteiger partial charge < -0.3 is 5.32 Å². The number of nitriles is 1. The Morgan fingerprint density at radius 2 is 1.79 bits per heavy atom. The number of benzene rings is 2. The molecule has 1 aliphatic carbocycles. The van der Waals surface area contributed by atoms with Gasteiger partial charge in [0.1, 0.15) is 0 Å². The van der Waals surface area contributed by atoms with Gasteiger partial charge in [-0.05, 0) is 55.5 Å². The first kappa shape index (κ1) is 19.6. The number of nitrogens with one attached hydrogen (secondary N) is 1. The smallest absolute Gasteiger partial charge is 0.243 e. The van der Waals surface area contributed by atoms with Gasteiger partial charge in [0.25, 0.3) is 0 Å². The number of rotatable bonds is 5. The van der Waals surface area contributed by atoms with Crippen molar-refractivity contribution in [2.75, 3.05) is 18.4 Å². The van der Waals surface area contributed by atoms with Crippen LogP contribution in [0.2, 0.25) is 0 Å². The van der Waals surface area contributed by atoms with Crippen molar-refractivity contribution in [3.63, 3.8) is 0 Å². The summed E-state index contributed by atoms with van der Waals surface area (Å²) in [7, 11) is -3.60. The molecule has 7 heteroatoms. The largest absolute Gasteiger partial charge is 0.326 e. The average molecular weight is 410 g/mol. The predicted octanol–water partition coefficient (Wildman–Crippen LogP) is 3.28. The summed E-state index contributed by atoms with van der Waals surface area (Å²) in [5, 5.41) is 12.2. The highest BCUT2D eigenvalue weighted by Gasteiger charge is 2.44. The zero-order chi connectivity index (χ0) is 20.5. The summed E-state index contributed by atoms with van der Waals surface area (Å²) in [4.78, 5) is 13.0. The highest BCUT2D eigenvalue weighted by molar-refractivity contribution is 7.89. The minimum absolute atomic E-state index is 0.174. The van der Waals surface area contributed by atoms with Gasteiger partial charge in [-0.15, -0.1) is 0 Å². The van der Waals surface area contributed by atoms with Crippen molar-refractivity contribution in [1.82, 2.24) is 4.31 Å². The van der Waals surface area contributed by atoms with Crippen molar-refractivity contribution in [3.05, 3.63) is 60.2 Å². The van der Waals surface area contributed by atoms with E-state index < -0.39 is 15.9 Å². The van der Waals surface area contributed by atoms with Crippen LogP contribution in [0.15, 0.2) is 59.5 Å². The number of nitrogens with zero attached hydrogens (tertiary/aromatic N) is 2. The van der Waals surface area contributed by atoms with E-state index in [1.807, 2.05) is 24.3 Å². The third-order valence-corrected chi connectivity index (χ3v) is 7.68. The van der Waals surface area contributed by atoms with E-state index >= 15 is 0 Å². The molecule has 2 fully saturated rings. The van der Waals surface area contributed by atoms with Crippen LogP contribution in [-0.4, -0.2) is 31.7 Å². The number of hydrogen-bond acceptors (Lipinski definition) is 4. The summed E-state index contributed by atoms with van der Waals surface area (Å²) >= 11 is 0. The first-order chi connectivity index (χ1) is 13.9. The SMILES string of the molecule is N#CC1(c2ccc(NC(=O)C3CCCN(S(=O)(=O)c4ccccc4)C3)cc2)CC1. The monoisotopic (exact) mass is 409 g/mol. The molecule has 1 unspecified atom stereocenters. The molecule has 2 aromatic rings. The van der Waals surface area contributed by atoms with Crippen molar-refractivity contribution >= 4 is 21.6 Å². The molecule has 1 atom stereocenters. The Bertz CT molecular complexity index is 1040. The van der Waals surface area contributed by atoms with Crippen LogP contribution in [0.3, 0.4) is 0 Å². The summed E-state index contributed by atoms with van der Waals surface area (Å²) in [6.07, 6.45) is 3.06. The van der Waals surface area contributed by atoms with Crippen molar-refractivity contribution < 1.29 is 13.2 Å². The molecule has 29 heavy (non-hydrogen) atoms. The molecule has 1 saturated heterocycles. The molecule has 1 amide bonds. The fourth-order valence-corrected chi connectivity index (χ4v) is 5.37. The second-order valence-electron chi connectivity index (χ2n) is 7.78. The zero-order valence-corrected chi connectivity index (χ0v) is 16.9. The standard InChI is InChI=1S/C22H23N3O3S/c23-16-22(12-13-22)18-8-10-19(11-9-18)24-21(26)17-5-4-14-25(15-17)29(27,28)20-6-2-1-3-7-20/h1-3,6-11,17H,4-5,12-15H2,(H,24,26). The number of carbonyl (C=O) groups excluding carboxylic acids is 1. The molecule has 0 aromatic heterocycles. The van der Waals surface area contributed by atoms with Crippen LogP contribution >= 0.6 is 0 Å². The van der Waals surface area contributed by atoms with Gasteiger partial charge in [0.05, 0.1) is 22.3 Å². The van der Waals surface area contributed by atoms with Crippen molar-refractivity contribution in [2.45, 2.75) is 36.0 Å². The van der Waals surface area contributed by atoms with E-state index in [1.54, 1.807) is 30.3 Å². The Labute approximate surface area is 171 Å². The topological polar surface area (TPSA) is 90.3 Å². The number of anilines is 1. The maximum Gasteiger partial charge on any atom is 0.243 e. The first-order valence-electron chi connectivity index (χ1n) is 9.82. The molecule has 0 radical (unpaired) electrons. The average Bonchev–Trinajstić information content (AvgIpc) is 3.56. The minimum Gasteiger partial charge on any atom is -0.326 e. The molecule has 6 nitrogen and oxygen atoms in total. The van der Waals surface area contributed by atoms with Crippen molar-refractivity contribution in [3.8, 4) is 6.07 Å². The molecule has 1 saturated carbocycles. The quantitative estimate of drug-likeness (QED) is 0.820. The first-order valence-corrected chi connectivity index (χ1v) is 11.3. The van der Waals surface area contributed by atoms with Crippen LogP contribution in [0.25, 0.3) is 0 Å². The molecule has 0 spiro atoms. The summed E-state index contributed by atoms with van der Waals surface area (Å²) < 4.78 is 27.1. The van der Waals surface area contributed by atoms with E-state index in [9.17, 15) is 18.5 Å². The maximum absolute atomic E-state index is 12.8. The minimum atomic E-state index is -3.60. The second kappa shape index (κ2) is 7.62. The Hall–Kier alpha value is -2.69. The Kier molecular flexibility index (Phi) is 5.15. The summed E-state index contributed by atoms with van der Waals surface area (Å²) in [5.41, 5.74) is 1.30. The molecule has 1 N–H and O–H groups in total. The lowest BCUT2D eigenvalue weighted by molar-refractivity contribution is -0.120. The van der Waals surface area contributed by atoms with Crippen molar-refractivity contribution in [1.29, 1.82) is 5.26 Å². The second-order valence-corrected chi connectivity index (χ2v) is 9.71. The van der Waals surface area contributed by atoms with Crippen molar-refractivity contribution in [2.24, 2.45) is 5.92 Å². The maximum atomic E-state index is 12.8. The Morgan fingerprint density at radius 3 is 2.41 bits per heavy atom. The van der Waals surface area contributed by atoms with E-state index in [-0.39, 0.29) is 22.8 Å². The van der Waals surface area contributed by atoms with Crippen LogP contribution in [0, 0.1) is 17.2 Å². The van der Waals surface area contributed by atoms with E-state index in [1.165, 1.54) is 4.31 Å². The molecule has 2 aliphatic rings. The van der Waals surface area contributed by atoms with Gasteiger partial charge in [0.15, 0.2) is 0 Å². The number of carbonyl (C=O) groups is 1. The lowest BCUT2D eigenvalue weighted by Crippen LogP contribution is -2.43. The summed E-state index contributed by atoms with van der Waals surface area (Å²) in [6, 6.07) is 18.1. The molecule has 150 valence electrons. The molecule has 0 bridgehead atoms. The lowest BCUT2D eigenvalue weighted by atomic mass is 9.97. The molecule has 4 rings (SSSR count). The third kappa shape index (κ3) is 3.91. The van der Waals surface area contributed by atoms with Crippen LogP contribution < -0.4 is 5.32 Å². The van der Waals surface area contributed by atoms with E-state index in [0.29, 0.717) is 25.1 Å². The fourth-order valence-electron chi connectivity index (χ4n) is 3.82. The Balaban J connectivity index is 1.42. The summed E-state index contributed by atoms with van der Waals surface area (Å²) in [5.74, 6) is -0.567. The van der Waals surface area contributed by atoms with Gasteiger partial charge in [-0.3, -0.25) is 4.79 Å². The molecular formula is C22H23N3O3S. The summed E-state index contributed by atoms with van der Waals surface area (Å²) in [6.45, 7) is 0.602. The fraction of sp³-hybridized carbons (Fsp3) is 0.364. The third-order valence-electron chi connectivity index (χ3n) is 5.80. The van der Waals surface area contributed by atoms with E-state index in [2.05, 4.69) is 11.4 Å². The van der Waals surface area contributed by atoms with Gasteiger partial charge in [0.2, 0.25) is 15.9 Å². The highest BCUT2D eigenvalue weighted by atomic mass is 32.2. The molecular weight excluding hydrogens is 386 g/mol. The van der Waals surface area contributed by atoms with Gasteiger partial charge in [-0.25, -0.2) is 8.42 Å². The van der Waals surface area contributed by atoms with Crippen LogP contribution in [0.1, 0.15) is 31.2 Å². The van der Waals surface area contributed by atoms with E-state index in [4.69, 9.17) is 0 Å². The lowest BCUT2D eigenvalue weighted by Gasteiger charge is -2.31. The number of piperidine rings is 1. The van der Waals surface area contributed by atoms with Gasteiger partial charge in [-0.2, -0.15) is 9.57 Å². The normalized spacial score (nSPS) is 21.1. The molecule has 1 aliphatic heterocycles. The predicted molar refractivity (Wildman–Crippen MR) is 110 cm³/mol. The number of amides is 1. The number of hydrogen-bond donors (Lipinski definition) is 1. The van der Waals surface area contributed by atoms with Gasteiger partial charge in [-0.1, -0.05) is 30.3 Å². The van der Waals surface area contributed by atoms with Crippen LogP contribution in [-0.2, 0) is 20.2 Å². The molecule has 1 heterocycles. The van der Waals surface area contributed by atoms with Gasteiger partial charge in [0, 0.05) is 18.8 Å². The van der Waals surface area contributed by atoms with Gasteiger partial charge >= 0.3 is 0 Å². The highest BCUT2D eigenvalue weighted by Crippen LogP contribution is 2.47. The zero-order valence-electron chi connectivity index (χ0n) is 16.0. The van der Waals surface area contributed by atoms with Crippen LogP contribution in [0.4, 0.5) is 5.69 Å². The molecule has 2 aromatic carbocycles. The van der Waals surface area contributed by atoms with Crippen LogP contribution in [0.5, 0.6) is 0 Å². The number of sulfonamides is 1. The van der Waals surface area contributed by atoms with E-state index in [0.717, 1.165) is 18.4 Å².